The zero-order valence-electron chi connectivity index (χ0n) is 9.25. The lowest BCUT2D eigenvalue weighted by atomic mass is 10.1. The van der Waals surface area contributed by atoms with Crippen molar-refractivity contribution in [3.8, 4) is 11.8 Å². The van der Waals surface area contributed by atoms with Crippen LogP contribution in [-0.4, -0.2) is 19.2 Å². The molecule has 0 atom stereocenters. The molecule has 1 aromatic carbocycles. The molecule has 0 fully saturated rings. The first-order valence-electron chi connectivity index (χ1n) is 4.85. The summed E-state index contributed by atoms with van der Waals surface area (Å²) in [5, 5.41) is 8.85. The van der Waals surface area contributed by atoms with Gasteiger partial charge < -0.3 is 9.47 Å². The summed E-state index contributed by atoms with van der Waals surface area (Å²) in [6.45, 7) is -1.47. The first-order valence-corrected chi connectivity index (χ1v) is 5.23. The van der Waals surface area contributed by atoms with Gasteiger partial charge in [0.15, 0.2) is 0 Å². The summed E-state index contributed by atoms with van der Waals surface area (Å²) in [7, 11) is 0. The third-order valence-electron chi connectivity index (χ3n) is 1.92. The van der Waals surface area contributed by atoms with E-state index in [4.69, 9.17) is 21.6 Å². The number of alkyl halides is 2. The van der Waals surface area contributed by atoms with E-state index >= 15 is 0 Å². The Hall–Kier alpha value is -1.87. The summed E-state index contributed by atoms with van der Waals surface area (Å²) in [6.07, 6.45) is 0. The van der Waals surface area contributed by atoms with Crippen LogP contribution in [0.4, 0.5) is 8.78 Å². The fourth-order valence-corrected chi connectivity index (χ4v) is 1.50. The van der Waals surface area contributed by atoms with Gasteiger partial charge in [0.2, 0.25) is 0 Å². The van der Waals surface area contributed by atoms with Crippen LogP contribution in [0.1, 0.15) is 22.8 Å². The molecule has 0 saturated carbocycles. The summed E-state index contributed by atoms with van der Waals surface area (Å²) in [5.41, 5.74) is -0.652. The molecule has 0 bridgehead atoms. The Balaban J connectivity index is 3.31. The lowest BCUT2D eigenvalue weighted by Gasteiger charge is -2.11. The predicted octanol–water partition coefficient (Wildman–Crippen LogP) is 2.99. The van der Waals surface area contributed by atoms with Crippen molar-refractivity contribution >= 4 is 17.6 Å². The minimum atomic E-state index is -3.10. The molecule has 0 N–H and O–H groups in total. The van der Waals surface area contributed by atoms with Gasteiger partial charge in [-0.1, -0.05) is 11.6 Å². The number of esters is 1. The quantitative estimate of drug-likeness (QED) is 0.793. The average molecular weight is 276 g/mol. The van der Waals surface area contributed by atoms with Crippen LogP contribution < -0.4 is 4.74 Å². The van der Waals surface area contributed by atoms with Gasteiger partial charge >= 0.3 is 12.6 Å². The van der Waals surface area contributed by atoms with Crippen molar-refractivity contribution in [2.75, 3.05) is 6.61 Å². The minimum absolute atomic E-state index is 0.0633. The normalized spacial score (nSPS) is 10.0. The van der Waals surface area contributed by atoms with Gasteiger partial charge in [-0.25, -0.2) is 4.79 Å². The monoisotopic (exact) mass is 275 g/mol. The molecule has 0 amide bonds. The van der Waals surface area contributed by atoms with E-state index in [1.165, 1.54) is 6.07 Å². The van der Waals surface area contributed by atoms with Gasteiger partial charge in [-0.2, -0.15) is 14.0 Å². The first kappa shape index (κ1) is 14.2. The maximum Gasteiger partial charge on any atom is 0.387 e. The molecule has 0 spiro atoms. The van der Waals surface area contributed by atoms with Crippen molar-refractivity contribution < 1.29 is 23.0 Å². The number of nitrogens with zero attached hydrogens (tertiary/aromatic N) is 1. The highest BCUT2D eigenvalue weighted by Gasteiger charge is 2.22. The summed E-state index contributed by atoms with van der Waals surface area (Å²) < 4.78 is 33.1. The largest absolute Gasteiger partial charge is 0.462 e. The Morgan fingerprint density at radius 2 is 2.22 bits per heavy atom. The predicted molar refractivity (Wildman–Crippen MR) is 58.8 cm³/mol. The van der Waals surface area contributed by atoms with E-state index in [-0.39, 0.29) is 22.8 Å². The number of rotatable bonds is 4. The van der Waals surface area contributed by atoms with Crippen molar-refractivity contribution in [2.24, 2.45) is 0 Å². The van der Waals surface area contributed by atoms with Gasteiger partial charge in [0.25, 0.3) is 0 Å². The SMILES string of the molecule is CCOC(=O)c1c(Cl)ccc(OC(F)F)c1C#N. The summed E-state index contributed by atoms with van der Waals surface area (Å²) in [4.78, 5) is 11.6. The molecule has 1 aromatic rings. The van der Waals surface area contributed by atoms with Crippen LogP contribution in [-0.2, 0) is 4.74 Å². The smallest absolute Gasteiger partial charge is 0.387 e. The van der Waals surface area contributed by atoms with Crippen molar-refractivity contribution in [2.45, 2.75) is 13.5 Å². The van der Waals surface area contributed by atoms with E-state index in [9.17, 15) is 13.6 Å². The minimum Gasteiger partial charge on any atom is -0.462 e. The summed E-state index contributed by atoms with van der Waals surface area (Å²) in [6, 6.07) is 3.89. The zero-order chi connectivity index (χ0) is 13.7. The third kappa shape index (κ3) is 3.08. The number of benzene rings is 1. The molecule has 1 rings (SSSR count). The second kappa shape index (κ2) is 6.17. The average Bonchev–Trinajstić information content (AvgIpc) is 2.30. The summed E-state index contributed by atoms with van der Waals surface area (Å²) in [5.74, 6) is -1.28. The van der Waals surface area contributed by atoms with Crippen molar-refractivity contribution in [3.63, 3.8) is 0 Å². The number of nitriles is 1. The van der Waals surface area contributed by atoms with Crippen LogP contribution in [0, 0.1) is 11.3 Å². The maximum absolute atomic E-state index is 12.1. The standard InChI is InChI=1S/C11H8ClF2NO3/c1-2-17-10(16)9-6(5-15)8(18-11(13)14)4-3-7(9)12/h3-4,11H,2H2,1H3. The van der Waals surface area contributed by atoms with E-state index in [0.717, 1.165) is 6.07 Å². The zero-order valence-corrected chi connectivity index (χ0v) is 10.0. The number of carbonyl (C=O) groups excluding carboxylic acids is 1. The van der Waals surface area contributed by atoms with Crippen LogP contribution in [0.15, 0.2) is 12.1 Å². The molecule has 18 heavy (non-hydrogen) atoms. The molecule has 0 aliphatic heterocycles. The Morgan fingerprint density at radius 3 is 2.72 bits per heavy atom. The van der Waals surface area contributed by atoms with Gasteiger partial charge in [0.1, 0.15) is 17.4 Å². The molecule has 0 heterocycles. The van der Waals surface area contributed by atoms with Crippen molar-refractivity contribution in [1.29, 1.82) is 5.26 Å². The highest BCUT2D eigenvalue weighted by molar-refractivity contribution is 6.34. The Bertz CT molecular complexity index is 500. The molecular formula is C11H8ClF2NO3. The number of ether oxygens (including phenoxy) is 2. The third-order valence-corrected chi connectivity index (χ3v) is 2.24. The number of hydrogen-bond acceptors (Lipinski definition) is 4. The van der Waals surface area contributed by atoms with Crippen LogP contribution in [0.3, 0.4) is 0 Å². The Kier molecular flexibility index (Phi) is 4.86. The molecule has 0 radical (unpaired) electrons. The number of halogens is 3. The van der Waals surface area contributed by atoms with Gasteiger partial charge in [0.05, 0.1) is 17.2 Å². The number of hydrogen-bond donors (Lipinski definition) is 0. The van der Waals surface area contributed by atoms with Crippen molar-refractivity contribution in [1.82, 2.24) is 0 Å². The molecule has 0 aliphatic carbocycles. The van der Waals surface area contributed by atoms with Gasteiger partial charge in [0, 0.05) is 0 Å². The number of carbonyl (C=O) groups is 1. The first-order chi connectivity index (χ1) is 8.51. The van der Waals surface area contributed by atoms with E-state index in [0.29, 0.717) is 0 Å². The van der Waals surface area contributed by atoms with E-state index in [1.54, 1.807) is 13.0 Å². The maximum atomic E-state index is 12.1. The van der Waals surface area contributed by atoms with Crippen LogP contribution in [0.25, 0.3) is 0 Å². The van der Waals surface area contributed by atoms with Crippen molar-refractivity contribution in [3.05, 3.63) is 28.3 Å². The lowest BCUT2D eigenvalue weighted by molar-refractivity contribution is -0.0501. The molecule has 0 saturated heterocycles. The van der Waals surface area contributed by atoms with E-state index in [2.05, 4.69) is 4.74 Å². The Morgan fingerprint density at radius 1 is 1.56 bits per heavy atom. The summed E-state index contributed by atoms with van der Waals surface area (Å²) >= 11 is 5.75. The van der Waals surface area contributed by atoms with Gasteiger partial charge in [-0.05, 0) is 19.1 Å². The topological polar surface area (TPSA) is 59.3 Å². The van der Waals surface area contributed by atoms with Crippen LogP contribution in [0.2, 0.25) is 5.02 Å². The fraction of sp³-hybridized carbons (Fsp3) is 0.273. The fourth-order valence-electron chi connectivity index (χ4n) is 1.27. The molecule has 0 aliphatic rings. The highest BCUT2D eigenvalue weighted by atomic mass is 35.5. The molecule has 7 heteroatoms. The Labute approximate surface area is 107 Å². The van der Waals surface area contributed by atoms with Gasteiger partial charge in [-0.15, -0.1) is 0 Å². The molecular weight excluding hydrogens is 268 g/mol. The highest BCUT2D eigenvalue weighted by Crippen LogP contribution is 2.29. The van der Waals surface area contributed by atoms with Crippen LogP contribution in [0.5, 0.6) is 5.75 Å². The van der Waals surface area contributed by atoms with E-state index < -0.39 is 18.3 Å². The van der Waals surface area contributed by atoms with Crippen LogP contribution >= 0.6 is 11.6 Å². The molecule has 96 valence electrons. The molecule has 0 unspecified atom stereocenters. The molecule has 0 aromatic heterocycles. The molecule has 4 nitrogen and oxygen atoms in total. The second-order valence-corrected chi connectivity index (χ2v) is 3.41. The van der Waals surface area contributed by atoms with E-state index in [1.807, 2.05) is 0 Å². The second-order valence-electron chi connectivity index (χ2n) is 3.01. The lowest BCUT2D eigenvalue weighted by Crippen LogP contribution is -2.11. The van der Waals surface area contributed by atoms with Gasteiger partial charge in [-0.3, -0.25) is 0 Å².